The maximum absolute atomic E-state index is 5.44. The van der Waals surface area contributed by atoms with E-state index in [0.29, 0.717) is 17.6 Å². The molecule has 0 atom stereocenters. The molecule has 1 aliphatic heterocycles. The number of methoxy groups -OCH3 is 1. The summed E-state index contributed by atoms with van der Waals surface area (Å²) in [5.41, 5.74) is 3.23. The monoisotopic (exact) mass is 351 g/mol. The fraction of sp³-hybridized carbons (Fsp3) is 0.333. The molecule has 0 aliphatic carbocycles. The highest BCUT2D eigenvalue weighted by molar-refractivity contribution is 5.70. The molecule has 3 aromatic rings. The Morgan fingerprint density at radius 1 is 1.08 bits per heavy atom. The Balaban J connectivity index is 1.53. The van der Waals surface area contributed by atoms with Gasteiger partial charge in [-0.2, -0.15) is 5.10 Å². The largest absolute Gasteiger partial charge is 0.481 e. The first kappa shape index (κ1) is 16.5. The van der Waals surface area contributed by atoms with Crippen LogP contribution in [0.4, 0.5) is 5.82 Å². The van der Waals surface area contributed by atoms with Crippen molar-refractivity contribution >= 4 is 5.82 Å². The number of H-pyrrole nitrogens is 1. The lowest BCUT2D eigenvalue weighted by Crippen LogP contribution is -2.35. The van der Waals surface area contributed by atoms with Gasteiger partial charge in [-0.05, 0) is 50.2 Å². The number of ether oxygens (including phenoxy) is 1. The van der Waals surface area contributed by atoms with Gasteiger partial charge in [0.05, 0.1) is 19.0 Å². The molecule has 0 bridgehead atoms. The minimum Gasteiger partial charge on any atom is -0.481 e. The van der Waals surface area contributed by atoms with Crippen LogP contribution in [0.3, 0.4) is 0 Å². The van der Waals surface area contributed by atoms with Crippen LogP contribution in [0.25, 0.3) is 22.5 Å². The van der Waals surface area contributed by atoms with E-state index in [4.69, 9.17) is 4.74 Å². The number of nitrogens with zero attached hydrogens (tertiary/aromatic N) is 4. The Bertz CT molecular complexity index is 842. The highest BCUT2D eigenvalue weighted by atomic mass is 16.5. The topological polar surface area (TPSA) is 101 Å². The first-order valence-electron chi connectivity index (χ1n) is 8.69. The van der Waals surface area contributed by atoms with E-state index < -0.39 is 0 Å². The Labute approximate surface area is 151 Å². The molecule has 1 fully saturated rings. The van der Waals surface area contributed by atoms with Gasteiger partial charge in [-0.25, -0.2) is 4.98 Å². The lowest BCUT2D eigenvalue weighted by Gasteiger charge is -2.23. The van der Waals surface area contributed by atoms with Crippen LogP contribution in [0.2, 0.25) is 0 Å². The maximum Gasteiger partial charge on any atom is 0.221 e. The number of hydrogen-bond acceptors (Lipinski definition) is 7. The van der Waals surface area contributed by atoms with Gasteiger partial charge in [-0.3, -0.25) is 5.10 Å². The molecule has 3 aromatic heterocycles. The molecule has 0 spiro atoms. The van der Waals surface area contributed by atoms with Crippen LogP contribution in [-0.4, -0.2) is 51.6 Å². The van der Waals surface area contributed by atoms with Gasteiger partial charge >= 0.3 is 0 Å². The van der Waals surface area contributed by atoms with Crippen molar-refractivity contribution in [3.8, 4) is 28.4 Å². The summed E-state index contributed by atoms with van der Waals surface area (Å²) in [5, 5.41) is 22.2. The highest BCUT2D eigenvalue weighted by Crippen LogP contribution is 2.30. The SMILES string of the molecule is COc1nc(-c2ccc(NC3CCNCC3)nn2)ccc1-c1cn[nH]c1. The first-order chi connectivity index (χ1) is 12.8. The smallest absolute Gasteiger partial charge is 0.221 e. The van der Waals surface area contributed by atoms with Crippen LogP contribution in [0.5, 0.6) is 5.88 Å². The van der Waals surface area contributed by atoms with Gasteiger partial charge in [0, 0.05) is 23.4 Å². The molecule has 134 valence electrons. The zero-order chi connectivity index (χ0) is 17.8. The Hall–Kier alpha value is -3.00. The molecule has 26 heavy (non-hydrogen) atoms. The molecule has 0 radical (unpaired) electrons. The van der Waals surface area contributed by atoms with E-state index in [2.05, 4.69) is 36.0 Å². The van der Waals surface area contributed by atoms with Crippen molar-refractivity contribution in [2.45, 2.75) is 18.9 Å². The summed E-state index contributed by atoms with van der Waals surface area (Å²) in [4.78, 5) is 4.57. The van der Waals surface area contributed by atoms with E-state index in [9.17, 15) is 0 Å². The van der Waals surface area contributed by atoms with E-state index in [1.54, 1.807) is 19.5 Å². The molecule has 4 heterocycles. The van der Waals surface area contributed by atoms with Crippen molar-refractivity contribution in [2.24, 2.45) is 0 Å². The molecule has 3 N–H and O–H groups in total. The number of rotatable bonds is 5. The van der Waals surface area contributed by atoms with Crippen LogP contribution in [0, 0.1) is 0 Å². The summed E-state index contributed by atoms with van der Waals surface area (Å²) in [6.07, 6.45) is 5.73. The molecular formula is C18H21N7O. The average Bonchev–Trinajstić information content (AvgIpc) is 3.23. The van der Waals surface area contributed by atoms with Crippen molar-refractivity contribution in [2.75, 3.05) is 25.5 Å². The van der Waals surface area contributed by atoms with E-state index >= 15 is 0 Å². The van der Waals surface area contributed by atoms with E-state index in [0.717, 1.165) is 48.6 Å². The van der Waals surface area contributed by atoms with E-state index in [-0.39, 0.29) is 0 Å². The fourth-order valence-corrected chi connectivity index (χ4v) is 3.08. The van der Waals surface area contributed by atoms with Gasteiger partial charge in [0.2, 0.25) is 5.88 Å². The Kier molecular flexibility index (Phi) is 4.74. The number of aromatic amines is 1. The van der Waals surface area contributed by atoms with Crippen molar-refractivity contribution in [1.82, 2.24) is 30.7 Å². The molecule has 1 aliphatic rings. The van der Waals surface area contributed by atoms with Crippen LogP contribution >= 0.6 is 0 Å². The van der Waals surface area contributed by atoms with Gasteiger partial charge in [0.15, 0.2) is 0 Å². The lowest BCUT2D eigenvalue weighted by molar-refractivity contribution is 0.400. The molecule has 0 aromatic carbocycles. The lowest BCUT2D eigenvalue weighted by atomic mass is 10.1. The van der Waals surface area contributed by atoms with Gasteiger partial charge in [0.25, 0.3) is 0 Å². The molecule has 0 saturated carbocycles. The standard InChI is InChI=1S/C18H21N7O/c1-26-18-14(12-10-20-21-11-12)2-3-15(23-18)16-4-5-17(25-24-16)22-13-6-8-19-9-7-13/h2-5,10-11,13,19H,6-9H2,1H3,(H,20,21)(H,22,25). The molecule has 4 rings (SSSR count). The summed E-state index contributed by atoms with van der Waals surface area (Å²) in [7, 11) is 1.60. The van der Waals surface area contributed by atoms with Crippen molar-refractivity contribution < 1.29 is 4.74 Å². The van der Waals surface area contributed by atoms with E-state index in [1.807, 2.05) is 24.3 Å². The number of nitrogens with one attached hydrogen (secondary N) is 3. The Morgan fingerprint density at radius 2 is 1.92 bits per heavy atom. The number of hydrogen-bond donors (Lipinski definition) is 3. The zero-order valence-electron chi connectivity index (χ0n) is 14.6. The summed E-state index contributed by atoms with van der Waals surface area (Å²) in [6, 6.07) is 8.19. The predicted octanol–water partition coefficient (Wildman–Crippen LogP) is 2.10. The number of pyridine rings is 1. The second-order valence-corrected chi connectivity index (χ2v) is 6.21. The number of aromatic nitrogens is 5. The third-order valence-corrected chi connectivity index (χ3v) is 4.48. The zero-order valence-corrected chi connectivity index (χ0v) is 14.6. The summed E-state index contributed by atoms with van der Waals surface area (Å²) in [6.45, 7) is 2.08. The third kappa shape index (κ3) is 3.50. The number of piperidine rings is 1. The second-order valence-electron chi connectivity index (χ2n) is 6.21. The van der Waals surface area contributed by atoms with Crippen LogP contribution in [0.1, 0.15) is 12.8 Å². The quantitative estimate of drug-likeness (QED) is 0.647. The summed E-state index contributed by atoms with van der Waals surface area (Å²) >= 11 is 0. The molecule has 1 saturated heterocycles. The van der Waals surface area contributed by atoms with E-state index in [1.165, 1.54) is 0 Å². The third-order valence-electron chi connectivity index (χ3n) is 4.48. The molecule has 0 amide bonds. The van der Waals surface area contributed by atoms with Gasteiger partial charge < -0.3 is 15.4 Å². The van der Waals surface area contributed by atoms with Crippen molar-refractivity contribution in [1.29, 1.82) is 0 Å². The summed E-state index contributed by atoms with van der Waals surface area (Å²) < 4.78 is 5.44. The van der Waals surface area contributed by atoms with Crippen LogP contribution in [0.15, 0.2) is 36.7 Å². The second kappa shape index (κ2) is 7.49. The summed E-state index contributed by atoms with van der Waals surface area (Å²) in [5.74, 6) is 1.32. The molecular weight excluding hydrogens is 330 g/mol. The van der Waals surface area contributed by atoms with Crippen molar-refractivity contribution in [3.05, 3.63) is 36.7 Å². The first-order valence-corrected chi connectivity index (χ1v) is 8.69. The highest BCUT2D eigenvalue weighted by Gasteiger charge is 2.14. The average molecular weight is 351 g/mol. The normalized spacial score (nSPS) is 15.0. The maximum atomic E-state index is 5.44. The van der Waals surface area contributed by atoms with Crippen LogP contribution < -0.4 is 15.4 Å². The Morgan fingerprint density at radius 3 is 2.62 bits per heavy atom. The van der Waals surface area contributed by atoms with Crippen molar-refractivity contribution in [3.63, 3.8) is 0 Å². The number of anilines is 1. The van der Waals surface area contributed by atoms with Gasteiger partial charge in [-0.15, -0.1) is 10.2 Å². The molecule has 0 unspecified atom stereocenters. The minimum atomic E-state index is 0.448. The van der Waals surface area contributed by atoms with Gasteiger partial charge in [0.1, 0.15) is 11.5 Å². The predicted molar refractivity (Wildman–Crippen MR) is 98.9 cm³/mol. The van der Waals surface area contributed by atoms with Crippen LogP contribution in [-0.2, 0) is 0 Å². The fourth-order valence-electron chi connectivity index (χ4n) is 3.08. The molecule has 8 heteroatoms. The molecule has 8 nitrogen and oxygen atoms in total. The minimum absolute atomic E-state index is 0.448. The van der Waals surface area contributed by atoms with Gasteiger partial charge in [-0.1, -0.05) is 0 Å².